The van der Waals surface area contributed by atoms with Gasteiger partial charge in [-0.25, -0.2) is 0 Å². The molecule has 0 saturated carbocycles. The first-order chi connectivity index (χ1) is 13.0. The third-order valence-corrected chi connectivity index (χ3v) is 4.70. The first kappa shape index (κ1) is 20.8. The first-order valence-corrected chi connectivity index (χ1v) is 9.03. The van der Waals surface area contributed by atoms with Crippen LogP contribution in [0.15, 0.2) is 12.1 Å². The van der Waals surface area contributed by atoms with Crippen molar-refractivity contribution in [3.05, 3.63) is 17.7 Å². The number of piperidine rings is 1. The second-order valence-electron chi connectivity index (χ2n) is 6.35. The summed E-state index contributed by atoms with van der Waals surface area (Å²) in [5, 5.41) is 11.6. The van der Waals surface area contributed by atoms with Crippen LogP contribution < -0.4 is 19.5 Å². The van der Waals surface area contributed by atoms with Gasteiger partial charge in [-0.3, -0.25) is 9.59 Å². The summed E-state index contributed by atoms with van der Waals surface area (Å²) in [6.45, 7) is 1.54. The van der Waals surface area contributed by atoms with Gasteiger partial charge < -0.3 is 29.5 Å². The van der Waals surface area contributed by atoms with Crippen molar-refractivity contribution in [3.8, 4) is 17.2 Å². The molecule has 0 spiro atoms. The third-order valence-electron chi connectivity index (χ3n) is 4.70. The molecule has 8 nitrogen and oxygen atoms in total. The highest BCUT2D eigenvalue weighted by atomic mass is 16.5. The quantitative estimate of drug-likeness (QED) is 0.655. The van der Waals surface area contributed by atoms with Gasteiger partial charge in [0.1, 0.15) is 0 Å². The maximum Gasteiger partial charge on any atom is 0.254 e. The molecule has 2 rings (SSSR count). The minimum atomic E-state index is -0.131. The number of aliphatic hydroxyl groups excluding tert-OH is 1. The minimum absolute atomic E-state index is 0.0108. The molecule has 1 saturated heterocycles. The van der Waals surface area contributed by atoms with Crippen molar-refractivity contribution in [2.45, 2.75) is 19.3 Å². The van der Waals surface area contributed by atoms with Crippen molar-refractivity contribution in [1.82, 2.24) is 10.2 Å². The zero-order chi connectivity index (χ0) is 19.8. The lowest BCUT2D eigenvalue weighted by atomic mass is 9.95. The molecule has 27 heavy (non-hydrogen) atoms. The van der Waals surface area contributed by atoms with Gasteiger partial charge in [-0.1, -0.05) is 0 Å². The largest absolute Gasteiger partial charge is 0.493 e. The highest BCUT2D eigenvalue weighted by Crippen LogP contribution is 2.38. The van der Waals surface area contributed by atoms with Crippen molar-refractivity contribution in [2.24, 2.45) is 5.92 Å². The number of ether oxygens (including phenoxy) is 3. The molecule has 0 unspecified atom stereocenters. The molecule has 1 fully saturated rings. The number of amides is 2. The van der Waals surface area contributed by atoms with E-state index in [0.717, 1.165) is 0 Å². The Hall–Kier alpha value is -2.48. The lowest BCUT2D eigenvalue weighted by Crippen LogP contribution is -2.43. The summed E-state index contributed by atoms with van der Waals surface area (Å²) < 4.78 is 15.9. The molecule has 150 valence electrons. The fourth-order valence-electron chi connectivity index (χ4n) is 3.17. The maximum atomic E-state index is 12.9. The van der Waals surface area contributed by atoms with Crippen LogP contribution in [0, 0.1) is 5.92 Å². The van der Waals surface area contributed by atoms with Gasteiger partial charge in [0.2, 0.25) is 11.7 Å². The van der Waals surface area contributed by atoms with Crippen molar-refractivity contribution < 1.29 is 28.9 Å². The Labute approximate surface area is 159 Å². The number of likely N-dealkylation sites (tertiary alicyclic amines) is 1. The normalized spacial score (nSPS) is 14.6. The van der Waals surface area contributed by atoms with Gasteiger partial charge in [-0.05, 0) is 31.4 Å². The van der Waals surface area contributed by atoms with Gasteiger partial charge >= 0.3 is 0 Å². The molecule has 0 aromatic heterocycles. The van der Waals surface area contributed by atoms with Crippen LogP contribution in [0.5, 0.6) is 17.2 Å². The molecule has 0 aliphatic carbocycles. The SMILES string of the molecule is COc1cc(C(=O)N2CCC(C(=O)NCCCO)CC2)cc(OC)c1OC. The molecular formula is C19H28N2O6. The predicted octanol–water partition coefficient (Wildman–Crippen LogP) is 1.06. The lowest BCUT2D eigenvalue weighted by molar-refractivity contribution is -0.126. The van der Waals surface area contributed by atoms with Crippen LogP contribution in [0.3, 0.4) is 0 Å². The summed E-state index contributed by atoms with van der Waals surface area (Å²) in [6, 6.07) is 3.27. The second-order valence-corrected chi connectivity index (χ2v) is 6.35. The predicted molar refractivity (Wildman–Crippen MR) is 99.4 cm³/mol. The Balaban J connectivity index is 2.02. The van der Waals surface area contributed by atoms with E-state index in [9.17, 15) is 9.59 Å². The van der Waals surface area contributed by atoms with Crippen molar-refractivity contribution in [3.63, 3.8) is 0 Å². The van der Waals surface area contributed by atoms with Gasteiger partial charge in [0, 0.05) is 37.7 Å². The van der Waals surface area contributed by atoms with E-state index in [1.165, 1.54) is 21.3 Å². The van der Waals surface area contributed by atoms with Gasteiger partial charge in [0.05, 0.1) is 21.3 Å². The molecule has 8 heteroatoms. The zero-order valence-electron chi connectivity index (χ0n) is 16.1. The van der Waals surface area contributed by atoms with E-state index in [0.29, 0.717) is 61.7 Å². The fraction of sp³-hybridized carbons (Fsp3) is 0.579. The number of nitrogens with one attached hydrogen (secondary N) is 1. The van der Waals surface area contributed by atoms with Crippen LogP contribution >= 0.6 is 0 Å². The number of hydrogen-bond acceptors (Lipinski definition) is 6. The number of aliphatic hydroxyl groups is 1. The van der Waals surface area contributed by atoms with Gasteiger partial charge in [-0.2, -0.15) is 0 Å². The number of carbonyl (C=O) groups is 2. The van der Waals surface area contributed by atoms with E-state index in [-0.39, 0.29) is 24.3 Å². The van der Waals surface area contributed by atoms with Crippen molar-refractivity contribution >= 4 is 11.8 Å². The lowest BCUT2D eigenvalue weighted by Gasteiger charge is -2.31. The van der Waals surface area contributed by atoms with E-state index < -0.39 is 0 Å². The molecule has 1 aromatic rings. The summed E-state index contributed by atoms with van der Waals surface area (Å²) in [4.78, 5) is 26.7. The van der Waals surface area contributed by atoms with E-state index in [2.05, 4.69) is 5.32 Å². The Morgan fingerprint density at radius 2 is 1.70 bits per heavy atom. The zero-order valence-corrected chi connectivity index (χ0v) is 16.1. The van der Waals surface area contributed by atoms with Gasteiger partial charge in [-0.15, -0.1) is 0 Å². The van der Waals surface area contributed by atoms with Gasteiger partial charge in [0.25, 0.3) is 5.91 Å². The summed E-state index contributed by atoms with van der Waals surface area (Å²) in [7, 11) is 4.52. The van der Waals surface area contributed by atoms with Crippen LogP contribution in [0.2, 0.25) is 0 Å². The number of carbonyl (C=O) groups excluding carboxylic acids is 2. The highest BCUT2D eigenvalue weighted by molar-refractivity contribution is 5.96. The summed E-state index contributed by atoms with van der Waals surface area (Å²) >= 11 is 0. The molecule has 2 amide bonds. The Morgan fingerprint density at radius 1 is 1.11 bits per heavy atom. The average Bonchev–Trinajstić information content (AvgIpc) is 2.72. The number of nitrogens with zero attached hydrogens (tertiary/aromatic N) is 1. The smallest absolute Gasteiger partial charge is 0.254 e. The minimum Gasteiger partial charge on any atom is -0.493 e. The topological polar surface area (TPSA) is 97.3 Å². The number of benzene rings is 1. The Kier molecular flexibility index (Phi) is 7.72. The maximum absolute atomic E-state index is 12.9. The Bertz CT molecular complexity index is 631. The second kappa shape index (κ2) is 10.0. The standard InChI is InChI=1S/C19H28N2O6/c1-25-15-11-14(12-16(26-2)17(15)27-3)19(24)21-8-5-13(6-9-21)18(23)20-7-4-10-22/h11-13,22H,4-10H2,1-3H3,(H,20,23). The van der Waals surface area contributed by atoms with Crippen molar-refractivity contribution in [2.75, 3.05) is 47.6 Å². The van der Waals surface area contributed by atoms with Crippen LogP contribution in [-0.4, -0.2) is 69.4 Å². The summed E-state index contributed by atoms with van der Waals surface area (Å²) in [5.41, 5.74) is 0.454. The monoisotopic (exact) mass is 380 g/mol. The molecule has 1 aliphatic rings. The van der Waals surface area contributed by atoms with Crippen LogP contribution in [-0.2, 0) is 4.79 Å². The third kappa shape index (κ3) is 5.03. The van der Waals surface area contributed by atoms with Crippen LogP contribution in [0.25, 0.3) is 0 Å². The number of rotatable bonds is 8. The molecule has 0 atom stereocenters. The first-order valence-electron chi connectivity index (χ1n) is 9.03. The fourth-order valence-corrected chi connectivity index (χ4v) is 3.17. The van der Waals surface area contributed by atoms with E-state index >= 15 is 0 Å². The molecule has 1 heterocycles. The van der Waals surface area contributed by atoms with Crippen molar-refractivity contribution in [1.29, 1.82) is 0 Å². The molecular weight excluding hydrogens is 352 g/mol. The van der Waals surface area contributed by atoms with Gasteiger partial charge in [0.15, 0.2) is 11.5 Å². The highest BCUT2D eigenvalue weighted by Gasteiger charge is 2.28. The molecule has 0 radical (unpaired) electrons. The summed E-state index contributed by atoms with van der Waals surface area (Å²) in [6.07, 6.45) is 1.77. The molecule has 2 N–H and O–H groups in total. The summed E-state index contributed by atoms with van der Waals surface area (Å²) in [5.74, 6) is 1.05. The van der Waals surface area contributed by atoms with Crippen LogP contribution in [0.4, 0.5) is 0 Å². The Morgan fingerprint density at radius 3 is 2.19 bits per heavy atom. The number of hydrogen-bond donors (Lipinski definition) is 2. The molecule has 0 bridgehead atoms. The van der Waals surface area contributed by atoms with Crippen LogP contribution in [0.1, 0.15) is 29.6 Å². The van der Waals surface area contributed by atoms with E-state index in [1.54, 1.807) is 17.0 Å². The molecule has 1 aliphatic heterocycles. The molecule has 1 aromatic carbocycles. The number of methoxy groups -OCH3 is 3. The average molecular weight is 380 g/mol. The van der Waals surface area contributed by atoms with E-state index in [1.807, 2.05) is 0 Å². The van der Waals surface area contributed by atoms with E-state index in [4.69, 9.17) is 19.3 Å².